The number of piperazine rings is 1. The van der Waals surface area contributed by atoms with E-state index >= 15 is 0 Å². The van der Waals surface area contributed by atoms with Gasteiger partial charge in [-0.2, -0.15) is 23.4 Å². The number of halogens is 3. The fourth-order valence-electron chi connectivity index (χ4n) is 4.81. The van der Waals surface area contributed by atoms with Gasteiger partial charge in [0.15, 0.2) is 17.0 Å². The largest absolute Gasteiger partial charge is 0.450 e. The number of hydrogen-bond donors (Lipinski definition) is 1. The van der Waals surface area contributed by atoms with E-state index in [2.05, 4.69) is 20.5 Å². The van der Waals surface area contributed by atoms with Crippen molar-refractivity contribution in [3.05, 3.63) is 52.4 Å². The van der Waals surface area contributed by atoms with E-state index in [0.717, 1.165) is 17.4 Å². The number of rotatable bonds is 7. The topological polar surface area (TPSA) is 127 Å². The number of thiophene rings is 1. The number of fused-ring (bicyclic) bond motifs is 1. The molecule has 0 aromatic carbocycles. The highest BCUT2D eigenvalue weighted by Crippen LogP contribution is 2.34. The number of nitrogens with zero attached hydrogens (tertiary/aromatic N) is 7. The molecule has 4 aromatic heterocycles. The van der Waals surface area contributed by atoms with Crippen LogP contribution < -0.4 is 5.32 Å². The predicted molar refractivity (Wildman–Crippen MR) is 155 cm³/mol. The molecule has 0 radical (unpaired) electrons. The van der Waals surface area contributed by atoms with Crippen LogP contribution in [-0.4, -0.2) is 84.9 Å². The van der Waals surface area contributed by atoms with Crippen LogP contribution >= 0.6 is 11.3 Å². The number of ether oxygens (including phenoxy) is 1. The zero-order valence-electron chi connectivity index (χ0n) is 24.5. The lowest BCUT2D eigenvalue weighted by atomic mass is 10.2. The van der Waals surface area contributed by atoms with Gasteiger partial charge in [0.2, 0.25) is 5.91 Å². The van der Waals surface area contributed by atoms with Crippen LogP contribution in [0.1, 0.15) is 53.6 Å². The Balaban J connectivity index is 1.32. The number of amides is 3. The minimum atomic E-state index is -4.74. The van der Waals surface area contributed by atoms with Crippen molar-refractivity contribution >= 4 is 40.6 Å². The van der Waals surface area contributed by atoms with Gasteiger partial charge in [-0.3, -0.25) is 14.3 Å². The molecule has 5 rings (SSSR count). The fraction of sp³-hybridized carbons (Fsp3) is 0.429. The molecule has 1 aliphatic rings. The van der Waals surface area contributed by atoms with E-state index in [-0.39, 0.29) is 35.2 Å². The first kappa shape index (κ1) is 31.0. The summed E-state index contributed by atoms with van der Waals surface area (Å²) in [6.07, 6.45) is -2.93. The van der Waals surface area contributed by atoms with Gasteiger partial charge in [-0.05, 0) is 45.4 Å². The first-order valence-corrected chi connectivity index (χ1v) is 14.9. The van der Waals surface area contributed by atoms with Crippen molar-refractivity contribution in [3.63, 3.8) is 0 Å². The number of alkyl halides is 3. The monoisotopic (exact) mass is 632 g/mol. The lowest BCUT2D eigenvalue weighted by molar-refractivity contribution is -0.142. The van der Waals surface area contributed by atoms with Crippen LogP contribution in [0.2, 0.25) is 0 Å². The lowest BCUT2D eigenvalue weighted by Gasteiger charge is -2.35. The summed E-state index contributed by atoms with van der Waals surface area (Å²) in [7, 11) is 0. The van der Waals surface area contributed by atoms with Crippen LogP contribution in [-0.2, 0) is 22.1 Å². The van der Waals surface area contributed by atoms with Crippen molar-refractivity contribution in [2.45, 2.75) is 46.3 Å². The van der Waals surface area contributed by atoms with Gasteiger partial charge in [-0.15, -0.1) is 11.3 Å². The zero-order chi connectivity index (χ0) is 31.8. The predicted octanol–water partition coefficient (Wildman–Crippen LogP) is 4.66. The van der Waals surface area contributed by atoms with Crippen molar-refractivity contribution < 1.29 is 32.3 Å². The SMILES string of the molecule is CCOC(=O)N1CCN(C(=O)C(C)n2cc(NC(=O)c3cc4nc(-c5ccc(CC)s5)cc(C(F)(F)F)n4n3)c(C)n2)CC1. The van der Waals surface area contributed by atoms with E-state index < -0.39 is 29.9 Å². The van der Waals surface area contributed by atoms with Crippen molar-refractivity contribution in [1.82, 2.24) is 34.2 Å². The van der Waals surface area contributed by atoms with Crippen molar-refractivity contribution in [2.24, 2.45) is 0 Å². The molecule has 16 heteroatoms. The van der Waals surface area contributed by atoms with E-state index in [1.54, 1.807) is 36.6 Å². The molecule has 0 bridgehead atoms. The Hall–Kier alpha value is -4.47. The molecule has 5 heterocycles. The van der Waals surface area contributed by atoms with E-state index in [1.807, 2.05) is 13.0 Å². The summed E-state index contributed by atoms with van der Waals surface area (Å²) < 4.78 is 49.1. The molecule has 12 nitrogen and oxygen atoms in total. The molecule has 0 saturated carbocycles. The van der Waals surface area contributed by atoms with Crippen LogP contribution in [0.25, 0.3) is 16.2 Å². The number of carbonyl (C=O) groups excluding carboxylic acids is 3. The van der Waals surface area contributed by atoms with E-state index in [9.17, 15) is 27.6 Å². The summed E-state index contributed by atoms with van der Waals surface area (Å²) in [4.78, 5) is 47.4. The molecule has 1 atom stereocenters. The summed E-state index contributed by atoms with van der Waals surface area (Å²) in [5, 5.41) is 10.9. The second kappa shape index (κ2) is 12.3. The van der Waals surface area contributed by atoms with Gasteiger partial charge >= 0.3 is 12.3 Å². The molecule has 234 valence electrons. The molecule has 44 heavy (non-hydrogen) atoms. The molecule has 1 unspecified atom stereocenters. The van der Waals surface area contributed by atoms with Crippen molar-refractivity contribution in [1.29, 1.82) is 0 Å². The minimum Gasteiger partial charge on any atom is -0.450 e. The van der Waals surface area contributed by atoms with E-state index in [0.29, 0.717) is 41.3 Å². The number of carbonyl (C=O) groups is 3. The Kier molecular flexibility index (Phi) is 8.63. The van der Waals surface area contributed by atoms with Gasteiger partial charge in [-0.25, -0.2) is 14.3 Å². The van der Waals surface area contributed by atoms with Gasteiger partial charge in [0.25, 0.3) is 5.91 Å². The van der Waals surface area contributed by atoms with Gasteiger partial charge in [0.1, 0.15) is 6.04 Å². The highest BCUT2D eigenvalue weighted by molar-refractivity contribution is 7.15. The van der Waals surface area contributed by atoms with Gasteiger partial charge < -0.3 is 19.9 Å². The Labute approximate surface area is 254 Å². The molecule has 0 aliphatic carbocycles. The third kappa shape index (κ3) is 6.25. The number of nitrogens with one attached hydrogen (secondary N) is 1. The van der Waals surface area contributed by atoms with Crippen molar-refractivity contribution in [2.75, 3.05) is 38.1 Å². The second-order valence-corrected chi connectivity index (χ2v) is 11.4. The zero-order valence-corrected chi connectivity index (χ0v) is 25.3. The number of aryl methyl sites for hydroxylation is 2. The Morgan fingerprint density at radius 1 is 1.07 bits per heavy atom. The van der Waals surface area contributed by atoms with Crippen LogP contribution in [0.15, 0.2) is 30.5 Å². The molecule has 4 aromatic rings. The van der Waals surface area contributed by atoms with Gasteiger partial charge in [0, 0.05) is 43.3 Å². The molecule has 1 fully saturated rings. The Bertz CT molecular complexity index is 1700. The van der Waals surface area contributed by atoms with Crippen LogP contribution in [0.3, 0.4) is 0 Å². The maximum Gasteiger partial charge on any atom is 0.433 e. The molecular weight excluding hydrogens is 601 g/mol. The molecule has 3 amide bonds. The lowest BCUT2D eigenvalue weighted by Crippen LogP contribution is -2.52. The Morgan fingerprint density at radius 2 is 1.77 bits per heavy atom. The van der Waals surface area contributed by atoms with Crippen LogP contribution in [0.4, 0.5) is 23.7 Å². The fourth-order valence-corrected chi connectivity index (χ4v) is 5.72. The number of anilines is 1. The highest BCUT2D eigenvalue weighted by atomic mass is 32.1. The quantitative estimate of drug-likeness (QED) is 0.314. The first-order valence-electron chi connectivity index (χ1n) is 14.0. The molecule has 1 N–H and O–H groups in total. The summed E-state index contributed by atoms with van der Waals surface area (Å²) in [5.74, 6) is -0.973. The molecule has 1 aliphatic heterocycles. The van der Waals surface area contributed by atoms with E-state index in [1.165, 1.54) is 28.3 Å². The number of hydrogen-bond acceptors (Lipinski definition) is 8. The van der Waals surface area contributed by atoms with Crippen molar-refractivity contribution in [3.8, 4) is 10.6 Å². The highest BCUT2D eigenvalue weighted by Gasteiger charge is 2.36. The van der Waals surface area contributed by atoms with Gasteiger partial charge in [-0.1, -0.05) is 6.92 Å². The Morgan fingerprint density at radius 3 is 2.41 bits per heavy atom. The van der Waals surface area contributed by atoms with Gasteiger partial charge in [0.05, 0.1) is 28.6 Å². The standard InChI is InChI=1S/C28H31F3N8O4S/c1-5-18-7-8-22(44-18)19-13-23(28(29,30)31)39-24(32-19)14-20(35-39)25(40)33-21-15-38(34-16(21)3)17(4)26(41)36-9-11-37(12-10-36)27(42)43-6-2/h7-8,13-15,17H,5-6,9-12H2,1-4H3,(H,33,40). The molecule has 0 spiro atoms. The van der Waals surface area contributed by atoms with Crippen LogP contribution in [0.5, 0.6) is 0 Å². The third-order valence-corrected chi connectivity index (χ3v) is 8.50. The van der Waals surface area contributed by atoms with E-state index in [4.69, 9.17) is 4.74 Å². The maximum absolute atomic E-state index is 14.0. The van der Waals surface area contributed by atoms with Crippen LogP contribution in [0, 0.1) is 6.92 Å². The minimum absolute atomic E-state index is 0.124. The molecule has 1 saturated heterocycles. The normalized spacial score (nSPS) is 14.6. The second-order valence-electron chi connectivity index (χ2n) is 10.2. The summed E-state index contributed by atoms with van der Waals surface area (Å²) in [6.45, 7) is 8.60. The summed E-state index contributed by atoms with van der Waals surface area (Å²) in [6, 6.07) is 4.98. The molecular formula is C28H31F3N8O4S. The maximum atomic E-state index is 14.0. The smallest absolute Gasteiger partial charge is 0.433 e. The average molecular weight is 633 g/mol. The third-order valence-electron chi connectivity index (χ3n) is 7.25. The summed E-state index contributed by atoms with van der Waals surface area (Å²) in [5.41, 5.74) is -0.636. The first-order chi connectivity index (χ1) is 20.9. The summed E-state index contributed by atoms with van der Waals surface area (Å²) >= 11 is 1.35. The number of aromatic nitrogens is 5. The average Bonchev–Trinajstić information content (AvgIpc) is 3.74.